The minimum atomic E-state index is 0.0806. The fraction of sp³-hybridized carbons (Fsp3) is 0.529. The quantitative estimate of drug-likeness (QED) is 0.587. The van der Waals surface area contributed by atoms with Gasteiger partial charge in [-0.15, -0.1) is 0 Å². The molecule has 116 valence electrons. The number of aliphatic hydroxyl groups excluding tert-OH is 1. The van der Waals surface area contributed by atoms with Gasteiger partial charge in [0.05, 0.1) is 19.3 Å². The molecular formula is C17H25NO3. The van der Waals surface area contributed by atoms with Crippen LogP contribution in [-0.4, -0.2) is 51.0 Å². The molecule has 0 atom stereocenters. The molecule has 0 aliphatic carbocycles. The van der Waals surface area contributed by atoms with Gasteiger partial charge in [-0.25, -0.2) is 0 Å². The van der Waals surface area contributed by atoms with E-state index in [1.165, 1.54) is 5.56 Å². The normalized spacial score (nSPS) is 10.3. The summed E-state index contributed by atoms with van der Waals surface area (Å²) >= 11 is 0. The second kappa shape index (κ2) is 10.2. The van der Waals surface area contributed by atoms with E-state index in [0.717, 1.165) is 37.4 Å². The fourth-order valence-electron chi connectivity index (χ4n) is 2.03. The van der Waals surface area contributed by atoms with E-state index in [9.17, 15) is 0 Å². The van der Waals surface area contributed by atoms with Crippen LogP contribution in [0.25, 0.3) is 0 Å². The van der Waals surface area contributed by atoms with E-state index < -0.39 is 0 Å². The molecule has 0 fully saturated rings. The van der Waals surface area contributed by atoms with Gasteiger partial charge in [0.25, 0.3) is 0 Å². The molecule has 1 rings (SSSR count). The Morgan fingerprint density at radius 3 is 2.76 bits per heavy atom. The van der Waals surface area contributed by atoms with E-state index >= 15 is 0 Å². The maximum absolute atomic E-state index is 8.80. The highest BCUT2D eigenvalue weighted by Crippen LogP contribution is 2.19. The predicted molar refractivity (Wildman–Crippen MR) is 84.4 cm³/mol. The topological polar surface area (TPSA) is 41.9 Å². The Labute approximate surface area is 127 Å². The first-order chi connectivity index (χ1) is 10.2. The lowest BCUT2D eigenvalue weighted by molar-refractivity contribution is 0.178. The van der Waals surface area contributed by atoms with Crippen molar-refractivity contribution in [2.45, 2.75) is 19.4 Å². The van der Waals surface area contributed by atoms with Crippen molar-refractivity contribution in [2.24, 2.45) is 0 Å². The first-order valence-electron chi connectivity index (χ1n) is 7.15. The lowest BCUT2D eigenvalue weighted by atomic mass is 10.1. The van der Waals surface area contributed by atoms with E-state index in [2.05, 4.69) is 35.9 Å². The molecule has 4 nitrogen and oxygen atoms in total. The summed E-state index contributed by atoms with van der Waals surface area (Å²) in [5, 5.41) is 8.80. The summed E-state index contributed by atoms with van der Waals surface area (Å²) in [5.41, 5.74) is 2.07. The highest BCUT2D eigenvalue weighted by molar-refractivity contribution is 5.48. The molecule has 0 amide bonds. The van der Waals surface area contributed by atoms with Crippen molar-refractivity contribution in [3.63, 3.8) is 0 Å². The first kappa shape index (κ1) is 17.5. The number of nitrogens with zero attached hydrogens (tertiary/aromatic N) is 1. The molecular weight excluding hydrogens is 266 g/mol. The number of hydrogen-bond acceptors (Lipinski definition) is 4. The summed E-state index contributed by atoms with van der Waals surface area (Å²) in [5.74, 6) is 6.77. The largest absolute Gasteiger partial charge is 0.495 e. The molecule has 0 spiro atoms. The molecule has 4 heteroatoms. The lowest BCUT2D eigenvalue weighted by Crippen LogP contribution is -2.20. The van der Waals surface area contributed by atoms with Crippen LogP contribution in [0.4, 0.5) is 0 Å². The first-order valence-corrected chi connectivity index (χ1v) is 7.15. The van der Waals surface area contributed by atoms with Gasteiger partial charge in [-0.2, -0.15) is 0 Å². The predicted octanol–water partition coefficient (Wildman–Crippen LogP) is 1.90. The third kappa shape index (κ3) is 6.63. The fourth-order valence-corrected chi connectivity index (χ4v) is 2.03. The summed E-state index contributed by atoms with van der Waals surface area (Å²) in [6.45, 7) is 2.72. The van der Waals surface area contributed by atoms with Crippen LogP contribution in [0.3, 0.4) is 0 Å². The average Bonchev–Trinajstić information content (AvgIpc) is 2.48. The van der Waals surface area contributed by atoms with E-state index in [1.807, 2.05) is 6.07 Å². The van der Waals surface area contributed by atoms with Crippen LogP contribution in [0, 0.1) is 11.8 Å². The smallest absolute Gasteiger partial charge is 0.134 e. The molecule has 0 aliphatic rings. The van der Waals surface area contributed by atoms with E-state index in [1.54, 1.807) is 14.2 Å². The second-order valence-corrected chi connectivity index (χ2v) is 4.89. The number of methoxy groups -OCH3 is 2. The maximum atomic E-state index is 8.80. The van der Waals surface area contributed by atoms with Gasteiger partial charge in [0.15, 0.2) is 0 Å². The molecule has 1 aromatic rings. The Bertz CT molecular complexity index is 477. The Morgan fingerprint density at radius 1 is 1.29 bits per heavy atom. The summed E-state index contributed by atoms with van der Waals surface area (Å²) in [4.78, 5) is 2.26. The third-order valence-corrected chi connectivity index (χ3v) is 3.06. The van der Waals surface area contributed by atoms with Crippen LogP contribution in [0.5, 0.6) is 5.75 Å². The van der Waals surface area contributed by atoms with Crippen LogP contribution in [0.15, 0.2) is 18.2 Å². The van der Waals surface area contributed by atoms with Gasteiger partial charge >= 0.3 is 0 Å². The van der Waals surface area contributed by atoms with Crippen LogP contribution in [0.2, 0.25) is 0 Å². The maximum Gasteiger partial charge on any atom is 0.134 e. The van der Waals surface area contributed by atoms with Gasteiger partial charge in [-0.05, 0) is 31.2 Å². The molecule has 0 heterocycles. The summed E-state index contributed by atoms with van der Waals surface area (Å²) in [7, 11) is 5.46. The number of ether oxygens (including phenoxy) is 2. The van der Waals surface area contributed by atoms with Gasteiger partial charge in [0.1, 0.15) is 5.75 Å². The summed E-state index contributed by atoms with van der Waals surface area (Å²) in [6.07, 6.45) is 1.50. The van der Waals surface area contributed by atoms with Crippen LogP contribution in [-0.2, 0) is 11.3 Å². The van der Waals surface area contributed by atoms with Crippen LogP contribution >= 0.6 is 0 Å². The highest BCUT2D eigenvalue weighted by Gasteiger charge is 2.05. The van der Waals surface area contributed by atoms with Gasteiger partial charge < -0.3 is 19.5 Å². The van der Waals surface area contributed by atoms with Crippen molar-refractivity contribution in [2.75, 3.05) is 41.0 Å². The molecule has 0 aliphatic heterocycles. The van der Waals surface area contributed by atoms with Crippen molar-refractivity contribution in [3.05, 3.63) is 29.3 Å². The standard InChI is InChI=1S/C17H25NO3/c1-18(10-6-12-20-2)14-15-8-9-17(21-3)16(13-15)7-4-5-11-19/h8-9,13,19H,5-6,10-12,14H2,1-3H3. The minimum Gasteiger partial charge on any atom is -0.495 e. The van der Waals surface area contributed by atoms with E-state index in [4.69, 9.17) is 14.6 Å². The molecule has 0 bridgehead atoms. The van der Waals surface area contributed by atoms with E-state index in [0.29, 0.717) is 6.42 Å². The molecule has 0 unspecified atom stereocenters. The van der Waals surface area contributed by atoms with Gasteiger partial charge in [-0.3, -0.25) is 0 Å². The van der Waals surface area contributed by atoms with Crippen molar-refractivity contribution >= 4 is 0 Å². The minimum absolute atomic E-state index is 0.0806. The third-order valence-electron chi connectivity index (χ3n) is 3.06. The molecule has 1 aromatic carbocycles. The average molecular weight is 291 g/mol. The molecule has 21 heavy (non-hydrogen) atoms. The Kier molecular flexibility index (Phi) is 8.53. The van der Waals surface area contributed by atoms with Crippen LogP contribution < -0.4 is 4.74 Å². The zero-order valence-corrected chi connectivity index (χ0v) is 13.2. The molecule has 1 N–H and O–H groups in total. The highest BCUT2D eigenvalue weighted by atomic mass is 16.5. The van der Waals surface area contributed by atoms with Gasteiger partial charge in [-0.1, -0.05) is 17.9 Å². The Balaban J connectivity index is 2.71. The zero-order valence-electron chi connectivity index (χ0n) is 13.2. The number of hydrogen-bond donors (Lipinski definition) is 1. The van der Waals surface area contributed by atoms with Crippen LogP contribution in [0.1, 0.15) is 24.0 Å². The number of aliphatic hydroxyl groups is 1. The van der Waals surface area contributed by atoms with Gasteiger partial charge in [0, 0.05) is 33.2 Å². The van der Waals surface area contributed by atoms with Crippen molar-refractivity contribution in [1.82, 2.24) is 4.90 Å². The van der Waals surface area contributed by atoms with Crippen molar-refractivity contribution < 1.29 is 14.6 Å². The molecule has 0 radical (unpaired) electrons. The Hall–Kier alpha value is -1.54. The lowest BCUT2D eigenvalue weighted by Gasteiger charge is -2.17. The summed E-state index contributed by atoms with van der Waals surface area (Å²) in [6, 6.07) is 6.06. The molecule has 0 aromatic heterocycles. The second-order valence-electron chi connectivity index (χ2n) is 4.89. The van der Waals surface area contributed by atoms with Gasteiger partial charge in [0.2, 0.25) is 0 Å². The zero-order chi connectivity index (χ0) is 15.5. The molecule has 0 saturated carbocycles. The SMILES string of the molecule is COCCCN(C)Cc1ccc(OC)c(C#CCCO)c1. The monoisotopic (exact) mass is 291 g/mol. The number of rotatable bonds is 8. The van der Waals surface area contributed by atoms with Crippen molar-refractivity contribution in [3.8, 4) is 17.6 Å². The summed E-state index contributed by atoms with van der Waals surface area (Å²) < 4.78 is 10.4. The van der Waals surface area contributed by atoms with E-state index in [-0.39, 0.29) is 6.61 Å². The molecule has 0 saturated heterocycles. The van der Waals surface area contributed by atoms with Crippen molar-refractivity contribution in [1.29, 1.82) is 0 Å². The Morgan fingerprint density at radius 2 is 2.10 bits per heavy atom. The number of benzene rings is 1.